The van der Waals surface area contributed by atoms with Crippen molar-refractivity contribution in [2.24, 2.45) is 11.7 Å². The number of rotatable bonds is 4. The van der Waals surface area contributed by atoms with Gasteiger partial charge in [-0.15, -0.1) is 23.7 Å². The molecular weight excluding hydrogens is 286 g/mol. The van der Waals surface area contributed by atoms with E-state index in [0.29, 0.717) is 18.2 Å². The van der Waals surface area contributed by atoms with Gasteiger partial charge in [-0.2, -0.15) is 0 Å². The van der Waals surface area contributed by atoms with Gasteiger partial charge in [-0.3, -0.25) is 4.79 Å². The van der Waals surface area contributed by atoms with Gasteiger partial charge in [0.2, 0.25) is 0 Å². The summed E-state index contributed by atoms with van der Waals surface area (Å²) in [5.74, 6) is 0.389. The number of halogens is 1. The van der Waals surface area contributed by atoms with Crippen molar-refractivity contribution in [2.75, 3.05) is 13.2 Å². The van der Waals surface area contributed by atoms with E-state index in [4.69, 9.17) is 10.5 Å². The van der Waals surface area contributed by atoms with Crippen LogP contribution in [-0.4, -0.2) is 30.1 Å². The third kappa shape index (κ3) is 4.42. The summed E-state index contributed by atoms with van der Waals surface area (Å²) in [6.07, 6.45) is 2.01. The van der Waals surface area contributed by atoms with E-state index >= 15 is 0 Å². The quantitative estimate of drug-likeness (QED) is 0.885. The number of amides is 1. The van der Waals surface area contributed by atoms with Crippen molar-refractivity contribution >= 4 is 29.7 Å². The van der Waals surface area contributed by atoms with Gasteiger partial charge in [0.1, 0.15) is 10.7 Å². The fourth-order valence-electron chi connectivity index (χ4n) is 2.12. The fourth-order valence-corrected chi connectivity index (χ4v) is 2.78. The molecular formula is C12H20ClN3O2S. The Hall–Kier alpha value is -0.690. The molecule has 3 N–H and O–H groups in total. The van der Waals surface area contributed by atoms with Gasteiger partial charge in [-0.05, 0) is 25.7 Å². The first-order chi connectivity index (χ1) is 8.70. The molecule has 1 amide bonds. The Morgan fingerprint density at radius 2 is 2.32 bits per heavy atom. The number of hydrogen-bond donors (Lipinski definition) is 2. The molecule has 1 aromatic heterocycles. The largest absolute Gasteiger partial charge is 0.381 e. The Morgan fingerprint density at radius 1 is 1.63 bits per heavy atom. The molecule has 2 rings (SSSR count). The minimum atomic E-state index is -0.107. The second kappa shape index (κ2) is 7.79. The third-order valence-corrected chi connectivity index (χ3v) is 4.16. The first-order valence-electron chi connectivity index (χ1n) is 6.23. The van der Waals surface area contributed by atoms with Crippen molar-refractivity contribution < 1.29 is 9.53 Å². The van der Waals surface area contributed by atoms with Crippen LogP contribution >= 0.6 is 23.7 Å². The number of nitrogens with zero attached hydrogens (tertiary/aromatic N) is 1. The van der Waals surface area contributed by atoms with Crippen molar-refractivity contribution in [1.29, 1.82) is 0 Å². The third-order valence-electron chi connectivity index (χ3n) is 3.29. The molecule has 0 spiro atoms. The van der Waals surface area contributed by atoms with Crippen molar-refractivity contribution in [3.63, 3.8) is 0 Å². The molecule has 0 saturated carbocycles. The van der Waals surface area contributed by atoms with Gasteiger partial charge in [0, 0.05) is 31.2 Å². The smallest absolute Gasteiger partial charge is 0.270 e. The Morgan fingerprint density at radius 3 is 2.89 bits per heavy atom. The molecule has 1 atom stereocenters. The average molecular weight is 306 g/mol. The first-order valence-corrected chi connectivity index (χ1v) is 7.11. The van der Waals surface area contributed by atoms with Crippen LogP contribution in [0, 0.1) is 5.92 Å². The van der Waals surface area contributed by atoms with Crippen LogP contribution in [0.25, 0.3) is 0 Å². The number of aromatic nitrogens is 1. The average Bonchev–Trinajstić information content (AvgIpc) is 2.88. The molecule has 0 aliphatic carbocycles. The number of hydrogen-bond acceptors (Lipinski definition) is 5. The molecule has 1 saturated heterocycles. The van der Waals surface area contributed by atoms with Crippen molar-refractivity contribution in [2.45, 2.75) is 32.4 Å². The molecule has 1 aliphatic rings. The highest BCUT2D eigenvalue weighted by molar-refractivity contribution is 7.09. The number of nitrogens with two attached hydrogens (primary N) is 1. The topological polar surface area (TPSA) is 77.2 Å². The molecule has 1 fully saturated rings. The minimum Gasteiger partial charge on any atom is -0.381 e. The highest BCUT2D eigenvalue weighted by Gasteiger charge is 2.22. The number of ether oxygens (including phenoxy) is 1. The van der Waals surface area contributed by atoms with Crippen molar-refractivity contribution in [1.82, 2.24) is 10.3 Å². The van der Waals surface area contributed by atoms with E-state index in [1.54, 1.807) is 5.38 Å². The fraction of sp³-hybridized carbons (Fsp3) is 0.667. The van der Waals surface area contributed by atoms with Crippen LogP contribution in [0.4, 0.5) is 0 Å². The Bertz CT molecular complexity index is 407. The van der Waals surface area contributed by atoms with Gasteiger partial charge in [0.05, 0.1) is 0 Å². The maximum atomic E-state index is 12.0. The van der Waals surface area contributed by atoms with E-state index < -0.39 is 0 Å². The normalized spacial score (nSPS) is 17.6. The van der Waals surface area contributed by atoms with Gasteiger partial charge in [-0.25, -0.2) is 4.98 Å². The van der Waals surface area contributed by atoms with Crippen LogP contribution in [0.15, 0.2) is 5.38 Å². The molecule has 0 radical (unpaired) electrons. The maximum absolute atomic E-state index is 12.0. The number of thiazole rings is 1. The monoisotopic (exact) mass is 305 g/mol. The van der Waals surface area contributed by atoms with Crippen LogP contribution in [0.1, 0.15) is 35.3 Å². The standard InChI is InChI=1S/C12H19N3O2S.ClH/c1-8(9-2-4-17-5-3-9)14-12(16)10-7-18-11(6-13)15-10;/h7-9H,2-6,13H2,1H3,(H,14,16);1H. The summed E-state index contributed by atoms with van der Waals surface area (Å²) in [4.78, 5) is 16.2. The molecule has 19 heavy (non-hydrogen) atoms. The molecule has 1 unspecified atom stereocenters. The lowest BCUT2D eigenvalue weighted by Gasteiger charge is -2.28. The zero-order valence-electron chi connectivity index (χ0n) is 10.9. The predicted octanol–water partition coefficient (Wildman–Crippen LogP) is 1.57. The van der Waals surface area contributed by atoms with E-state index in [9.17, 15) is 4.79 Å². The van der Waals surface area contributed by atoms with E-state index in [1.165, 1.54) is 11.3 Å². The highest BCUT2D eigenvalue weighted by Crippen LogP contribution is 2.19. The molecule has 0 bridgehead atoms. The van der Waals surface area contributed by atoms with Crippen molar-refractivity contribution in [3.8, 4) is 0 Å². The summed E-state index contributed by atoms with van der Waals surface area (Å²) in [5.41, 5.74) is 5.96. The van der Waals surface area contributed by atoms with Gasteiger partial charge in [-0.1, -0.05) is 0 Å². The summed E-state index contributed by atoms with van der Waals surface area (Å²) < 4.78 is 5.32. The molecule has 0 aromatic carbocycles. The zero-order chi connectivity index (χ0) is 13.0. The number of carbonyl (C=O) groups excluding carboxylic acids is 1. The van der Waals surface area contributed by atoms with Gasteiger partial charge >= 0.3 is 0 Å². The van der Waals surface area contributed by atoms with Crippen LogP contribution in [0.5, 0.6) is 0 Å². The summed E-state index contributed by atoms with van der Waals surface area (Å²) in [6, 6.07) is 0.157. The Balaban J connectivity index is 0.00000180. The first kappa shape index (κ1) is 16.4. The molecule has 2 heterocycles. The highest BCUT2D eigenvalue weighted by atomic mass is 35.5. The minimum absolute atomic E-state index is 0. The number of nitrogens with one attached hydrogen (secondary N) is 1. The van der Waals surface area contributed by atoms with E-state index in [0.717, 1.165) is 31.1 Å². The molecule has 1 aromatic rings. The van der Waals surface area contributed by atoms with Crippen LogP contribution in [0.2, 0.25) is 0 Å². The van der Waals surface area contributed by atoms with E-state index in [2.05, 4.69) is 10.3 Å². The van der Waals surface area contributed by atoms with Crippen molar-refractivity contribution in [3.05, 3.63) is 16.1 Å². The second-order valence-corrected chi connectivity index (χ2v) is 5.49. The second-order valence-electron chi connectivity index (χ2n) is 4.54. The SMILES string of the molecule is CC(NC(=O)c1csc(CN)n1)C1CCOCC1.Cl. The molecule has 7 heteroatoms. The lowest BCUT2D eigenvalue weighted by Crippen LogP contribution is -2.40. The number of carbonyl (C=O) groups is 1. The van der Waals surface area contributed by atoms with Gasteiger partial charge in [0.15, 0.2) is 0 Å². The van der Waals surface area contributed by atoms with Crippen LogP contribution in [-0.2, 0) is 11.3 Å². The molecule has 108 valence electrons. The van der Waals surface area contributed by atoms with Gasteiger partial charge < -0.3 is 15.8 Å². The zero-order valence-corrected chi connectivity index (χ0v) is 12.6. The molecule has 1 aliphatic heterocycles. The Labute approximate surface area is 123 Å². The van der Waals surface area contributed by atoms with E-state index in [-0.39, 0.29) is 24.4 Å². The van der Waals surface area contributed by atoms with Crippen LogP contribution in [0.3, 0.4) is 0 Å². The summed E-state index contributed by atoms with van der Waals surface area (Å²) in [7, 11) is 0. The predicted molar refractivity (Wildman–Crippen MR) is 77.7 cm³/mol. The lowest BCUT2D eigenvalue weighted by molar-refractivity contribution is 0.0537. The van der Waals surface area contributed by atoms with E-state index in [1.807, 2.05) is 6.92 Å². The van der Waals surface area contributed by atoms with Crippen LogP contribution < -0.4 is 11.1 Å². The summed E-state index contributed by atoms with van der Waals surface area (Å²) in [6.45, 7) is 4.01. The lowest BCUT2D eigenvalue weighted by atomic mass is 9.93. The summed E-state index contributed by atoms with van der Waals surface area (Å²) in [5, 5.41) is 5.56. The molecule has 5 nitrogen and oxygen atoms in total. The summed E-state index contributed by atoms with van der Waals surface area (Å²) >= 11 is 1.42. The van der Waals surface area contributed by atoms with Gasteiger partial charge in [0.25, 0.3) is 5.91 Å². The maximum Gasteiger partial charge on any atom is 0.270 e. The Kier molecular flexibility index (Phi) is 6.71.